The van der Waals surface area contributed by atoms with Crippen LogP contribution >= 0.6 is 22.9 Å². The van der Waals surface area contributed by atoms with Crippen molar-refractivity contribution in [2.75, 3.05) is 32.1 Å². The SMILES string of the molecule is Cc1cc(C(=O)N(CCCN(C)C)c2nc3ccc(Cl)cc3s2)n(C(C)C)n1. The summed E-state index contributed by atoms with van der Waals surface area (Å²) in [5.74, 6) is -0.0711. The summed E-state index contributed by atoms with van der Waals surface area (Å²) < 4.78 is 2.77. The standard InChI is InChI=1S/C20H26ClN5OS/c1-13(2)26-17(11-14(3)23-26)19(27)25(10-6-9-24(4)5)20-22-16-8-7-15(21)12-18(16)28-20/h7-8,11-13H,6,9-10H2,1-5H3. The van der Waals surface area contributed by atoms with Crippen molar-refractivity contribution in [2.45, 2.75) is 33.2 Å². The summed E-state index contributed by atoms with van der Waals surface area (Å²) in [6.45, 7) is 7.44. The predicted octanol–water partition coefficient (Wildman–Crippen LogP) is 4.63. The Morgan fingerprint density at radius 3 is 2.68 bits per heavy atom. The zero-order valence-electron chi connectivity index (χ0n) is 16.9. The highest BCUT2D eigenvalue weighted by Gasteiger charge is 2.25. The van der Waals surface area contributed by atoms with Gasteiger partial charge in [-0.1, -0.05) is 22.9 Å². The number of nitrogens with zero attached hydrogens (tertiary/aromatic N) is 5. The molecule has 8 heteroatoms. The molecule has 3 aromatic rings. The zero-order valence-corrected chi connectivity index (χ0v) is 18.5. The molecule has 0 aliphatic heterocycles. The molecule has 0 saturated carbocycles. The van der Waals surface area contributed by atoms with E-state index in [0.717, 1.165) is 28.9 Å². The Bertz CT molecular complexity index is 978. The number of thiazole rings is 1. The molecule has 150 valence electrons. The molecule has 2 heterocycles. The molecule has 0 aliphatic carbocycles. The van der Waals surface area contributed by atoms with Crippen LogP contribution in [0.2, 0.25) is 5.02 Å². The van der Waals surface area contributed by atoms with Crippen molar-refractivity contribution in [1.29, 1.82) is 0 Å². The van der Waals surface area contributed by atoms with Gasteiger partial charge in [0.25, 0.3) is 5.91 Å². The van der Waals surface area contributed by atoms with Crippen molar-refractivity contribution in [3.8, 4) is 0 Å². The van der Waals surface area contributed by atoms with Crippen LogP contribution in [0.1, 0.15) is 42.5 Å². The molecule has 0 fully saturated rings. The Kier molecular flexibility index (Phi) is 6.37. The van der Waals surface area contributed by atoms with Crippen LogP contribution in [-0.2, 0) is 0 Å². The number of aryl methyl sites for hydroxylation is 1. The number of halogens is 1. The Morgan fingerprint density at radius 2 is 2.00 bits per heavy atom. The first-order valence-electron chi connectivity index (χ1n) is 9.35. The van der Waals surface area contributed by atoms with Gasteiger partial charge in [0.2, 0.25) is 0 Å². The number of anilines is 1. The summed E-state index contributed by atoms with van der Waals surface area (Å²) in [5.41, 5.74) is 2.28. The fraction of sp³-hybridized carbons (Fsp3) is 0.450. The fourth-order valence-corrected chi connectivity index (χ4v) is 4.31. The van der Waals surface area contributed by atoms with E-state index >= 15 is 0 Å². The molecule has 6 nitrogen and oxygen atoms in total. The van der Waals surface area contributed by atoms with Gasteiger partial charge < -0.3 is 4.90 Å². The normalized spacial score (nSPS) is 11.7. The van der Waals surface area contributed by atoms with Gasteiger partial charge in [0, 0.05) is 17.6 Å². The molecule has 0 radical (unpaired) electrons. The summed E-state index contributed by atoms with van der Waals surface area (Å²) in [4.78, 5) is 22.1. The Hall–Kier alpha value is -1.96. The monoisotopic (exact) mass is 419 g/mol. The van der Waals surface area contributed by atoms with Crippen LogP contribution in [0.3, 0.4) is 0 Å². The second-order valence-corrected chi connectivity index (χ2v) is 8.88. The van der Waals surface area contributed by atoms with E-state index in [2.05, 4.69) is 10.00 Å². The predicted molar refractivity (Wildman–Crippen MR) is 117 cm³/mol. The maximum atomic E-state index is 13.5. The second-order valence-electron chi connectivity index (χ2n) is 7.43. The van der Waals surface area contributed by atoms with Crippen LogP contribution in [0.5, 0.6) is 0 Å². The number of hydrogen-bond acceptors (Lipinski definition) is 5. The van der Waals surface area contributed by atoms with Crippen molar-refractivity contribution < 1.29 is 4.79 Å². The van der Waals surface area contributed by atoms with Gasteiger partial charge >= 0.3 is 0 Å². The van der Waals surface area contributed by atoms with Crippen LogP contribution in [-0.4, -0.2) is 52.8 Å². The Balaban J connectivity index is 1.99. The van der Waals surface area contributed by atoms with E-state index in [0.29, 0.717) is 22.4 Å². The van der Waals surface area contributed by atoms with Gasteiger partial charge in [-0.25, -0.2) is 4.98 Å². The maximum absolute atomic E-state index is 13.5. The molecular formula is C20H26ClN5OS. The van der Waals surface area contributed by atoms with E-state index in [-0.39, 0.29) is 11.9 Å². The molecule has 2 aromatic heterocycles. The smallest absolute Gasteiger partial charge is 0.278 e. The minimum Gasteiger partial charge on any atom is -0.309 e. The lowest BCUT2D eigenvalue weighted by Crippen LogP contribution is -2.35. The first-order valence-corrected chi connectivity index (χ1v) is 10.5. The lowest BCUT2D eigenvalue weighted by Gasteiger charge is -2.22. The number of aromatic nitrogens is 3. The van der Waals surface area contributed by atoms with E-state index in [9.17, 15) is 4.79 Å². The third-order valence-corrected chi connectivity index (χ3v) is 5.64. The number of benzene rings is 1. The van der Waals surface area contributed by atoms with Gasteiger partial charge in [-0.05, 0) is 72.1 Å². The average molecular weight is 420 g/mol. The van der Waals surface area contributed by atoms with E-state index in [1.165, 1.54) is 11.3 Å². The van der Waals surface area contributed by atoms with Gasteiger partial charge in [-0.2, -0.15) is 5.10 Å². The molecule has 0 unspecified atom stereocenters. The molecule has 0 N–H and O–H groups in total. The van der Waals surface area contributed by atoms with Crippen molar-refractivity contribution in [1.82, 2.24) is 19.7 Å². The van der Waals surface area contributed by atoms with Crippen LogP contribution in [0.4, 0.5) is 5.13 Å². The van der Waals surface area contributed by atoms with Crippen molar-refractivity contribution in [2.24, 2.45) is 0 Å². The van der Waals surface area contributed by atoms with Crippen molar-refractivity contribution >= 4 is 44.2 Å². The summed E-state index contributed by atoms with van der Waals surface area (Å²) in [6.07, 6.45) is 0.851. The summed E-state index contributed by atoms with van der Waals surface area (Å²) in [7, 11) is 4.06. The van der Waals surface area contributed by atoms with Crippen molar-refractivity contribution in [3.63, 3.8) is 0 Å². The number of carbonyl (C=O) groups excluding carboxylic acids is 1. The largest absolute Gasteiger partial charge is 0.309 e. The highest BCUT2D eigenvalue weighted by molar-refractivity contribution is 7.22. The summed E-state index contributed by atoms with van der Waals surface area (Å²) in [5, 5.41) is 5.85. The van der Waals surface area contributed by atoms with Crippen LogP contribution in [0.15, 0.2) is 24.3 Å². The van der Waals surface area contributed by atoms with Gasteiger partial charge in [-0.3, -0.25) is 14.4 Å². The van der Waals surface area contributed by atoms with E-state index < -0.39 is 0 Å². The van der Waals surface area contributed by atoms with Crippen LogP contribution < -0.4 is 4.90 Å². The number of amides is 1. The molecule has 0 aliphatic rings. The molecule has 3 rings (SSSR count). The lowest BCUT2D eigenvalue weighted by molar-refractivity contribution is 0.0974. The van der Waals surface area contributed by atoms with Gasteiger partial charge in [-0.15, -0.1) is 0 Å². The lowest BCUT2D eigenvalue weighted by atomic mass is 10.3. The van der Waals surface area contributed by atoms with Crippen molar-refractivity contribution in [3.05, 3.63) is 40.7 Å². The fourth-order valence-electron chi connectivity index (χ4n) is 3.04. The van der Waals surface area contributed by atoms with Crippen LogP contribution in [0.25, 0.3) is 10.2 Å². The molecule has 1 aromatic carbocycles. The highest BCUT2D eigenvalue weighted by Crippen LogP contribution is 2.32. The molecule has 0 bridgehead atoms. The quantitative estimate of drug-likeness (QED) is 0.560. The number of hydrogen-bond donors (Lipinski definition) is 0. The summed E-state index contributed by atoms with van der Waals surface area (Å²) in [6, 6.07) is 7.56. The van der Waals surface area contributed by atoms with E-state index in [1.807, 2.05) is 59.1 Å². The molecule has 28 heavy (non-hydrogen) atoms. The molecular weight excluding hydrogens is 394 g/mol. The van der Waals surface area contributed by atoms with Crippen LogP contribution in [0, 0.1) is 6.92 Å². The third-order valence-electron chi connectivity index (χ3n) is 4.37. The molecule has 0 atom stereocenters. The Morgan fingerprint density at radius 1 is 1.25 bits per heavy atom. The number of fused-ring (bicyclic) bond motifs is 1. The molecule has 0 saturated heterocycles. The first kappa shape index (κ1) is 20.8. The van der Waals surface area contributed by atoms with Gasteiger partial charge in [0.05, 0.1) is 15.9 Å². The van der Waals surface area contributed by atoms with E-state index in [1.54, 1.807) is 9.58 Å². The first-order chi connectivity index (χ1) is 13.3. The minimum atomic E-state index is -0.0711. The maximum Gasteiger partial charge on any atom is 0.278 e. The zero-order chi connectivity index (χ0) is 20.4. The number of carbonyl (C=O) groups is 1. The average Bonchev–Trinajstić information content (AvgIpc) is 3.21. The molecule has 0 spiro atoms. The Labute approximate surface area is 174 Å². The molecule has 1 amide bonds. The van der Waals surface area contributed by atoms with Gasteiger partial charge in [0.1, 0.15) is 5.69 Å². The van der Waals surface area contributed by atoms with Gasteiger partial charge in [0.15, 0.2) is 5.13 Å². The second kappa shape index (κ2) is 8.59. The topological polar surface area (TPSA) is 54.3 Å². The highest BCUT2D eigenvalue weighted by atomic mass is 35.5. The minimum absolute atomic E-state index is 0.0711. The number of rotatable bonds is 7. The van der Waals surface area contributed by atoms with E-state index in [4.69, 9.17) is 16.6 Å². The third kappa shape index (κ3) is 4.54. The summed E-state index contributed by atoms with van der Waals surface area (Å²) >= 11 is 7.61.